The van der Waals surface area contributed by atoms with Crippen molar-refractivity contribution in [1.82, 2.24) is 0 Å². The highest BCUT2D eigenvalue weighted by molar-refractivity contribution is 6.51. The van der Waals surface area contributed by atoms with Gasteiger partial charge in [-0.3, -0.25) is 16.2 Å². The largest absolute Gasteiger partial charge is 0.384 e. The van der Waals surface area contributed by atoms with Crippen LogP contribution in [-0.2, 0) is 0 Å². The van der Waals surface area contributed by atoms with Crippen LogP contribution >= 0.6 is 11.6 Å². The molecule has 0 fully saturated rings. The topological polar surface area (TPSA) is 97.6 Å². The van der Waals surface area contributed by atoms with E-state index in [9.17, 15) is 0 Å². The fraction of sp³-hybridized carbons (Fsp3) is 0.150. The molecule has 0 amide bonds. The van der Waals surface area contributed by atoms with Crippen molar-refractivity contribution >= 4 is 28.9 Å². The molecule has 2 rings (SSSR count). The maximum Gasteiger partial charge on any atom is 0.126 e. The first-order valence-corrected chi connectivity index (χ1v) is 8.34. The van der Waals surface area contributed by atoms with Crippen LogP contribution in [0.25, 0.3) is 0 Å². The summed E-state index contributed by atoms with van der Waals surface area (Å²) < 4.78 is 0. The number of halogens is 1. The number of amidine groups is 1. The van der Waals surface area contributed by atoms with E-state index < -0.39 is 0 Å². The molecule has 0 atom stereocenters. The van der Waals surface area contributed by atoms with Crippen LogP contribution in [0.4, 0.5) is 0 Å². The summed E-state index contributed by atoms with van der Waals surface area (Å²) in [5.74, 6) is -0.332. The zero-order valence-electron chi connectivity index (χ0n) is 14.7. The average Bonchev–Trinajstić information content (AvgIpc) is 2.63. The maximum absolute atomic E-state index is 8.31. The summed E-state index contributed by atoms with van der Waals surface area (Å²) in [4.78, 5) is 0. The Morgan fingerprint density at radius 1 is 0.800 bits per heavy atom. The van der Waals surface area contributed by atoms with E-state index in [4.69, 9.17) is 33.6 Å². The van der Waals surface area contributed by atoms with E-state index in [1.165, 1.54) is 0 Å². The average molecular weight is 355 g/mol. The van der Waals surface area contributed by atoms with E-state index in [0.29, 0.717) is 11.1 Å². The van der Waals surface area contributed by atoms with E-state index in [0.717, 1.165) is 5.56 Å². The molecule has 0 heterocycles. The Hall–Kier alpha value is -2.72. The molecule has 0 radical (unpaired) electrons. The summed E-state index contributed by atoms with van der Waals surface area (Å²) in [7, 11) is 0. The lowest BCUT2D eigenvalue weighted by atomic mass is 9.97. The molecular formula is C20H23ClN4. The van der Waals surface area contributed by atoms with Gasteiger partial charge < -0.3 is 5.73 Å². The summed E-state index contributed by atoms with van der Waals surface area (Å²) in [5, 5.41) is 24.3. The second-order valence-electron chi connectivity index (χ2n) is 5.08. The highest BCUT2D eigenvalue weighted by Gasteiger charge is 2.19. The number of nitrogens with one attached hydrogen (secondary N) is 3. The van der Waals surface area contributed by atoms with Crippen molar-refractivity contribution in [3.8, 4) is 0 Å². The van der Waals surface area contributed by atoms with Gasteiger partial charge in [0.25, 0.3) is 0 Å². The Morgan fingerprint density at radius 2 is 1.28 bits per heavy atom. The number of nitrogens with two attached hydrogens (primary N) is 1. The SMILES string of the molecule is CC.Cc1ccc(C(=N)/C(C(=N)N)=C(\Cl)C(=N)c2ccccc2)cc1. The Kier molecular flexibility index (Phi) is 7.76. The molecule has 5 heteroatoms. The van der Waals surface area contributed by atoms with Gasteiger partial charge in [-0.25, -0.2) is 0 Å². The van der Waals surface area contributed by atoms with E-state index in [2.05, 4.69) is 0 Å². The van der Waals surface area contributed by atoms with Gasteiger partial charge in [0, 0.05) is 11.1 Å². The van der Waals surface area contributed by atoms with Crippen molar-refractivity contribution in [1.29, 1.82) is 16.2 Å². The van der Waals surface area contributed by atoms with Crippen molar-refractivity contribution in [3.05, 3.63) is 81.9 Å². The van der Waals surface area contributed by atoms with E-state index in [1.54, 1.807) is 36.4 Å². The first-order chi connectivity index (χ1) is 11.9. The molecule has 4 nitrogen and oxygen atoms in total. The van der Waals surface area contributed by atoms with Crippen LogP contribution in [0.5, 0.6) is 0 Å². The van der Waals surface area contributed by atoms with E-state index in [-0.39, 0.29) is 27.9 Å². The number of hydrogen-bond donors (Lipinski definition) is 4. The van der Waals surface area contributed by atoms with Crippen LogP contribution in [0.3, 0.4) is 0 Å². The highest BCUT2D eigenvalue weighted by Crippen LogP contribution is 2.20. The molecule has 0 spiro atoms. The van der Waals surface area contributed by atoms with Gasteiger partial charge in [-0.05, 0) is 6.92 Å². The van der Waals surface area contributed by atoms with Crippen LogP contribution in [0.15, 0.2) is 65.2 Å². The third-order valence-corrected chi connectivity index (χ3v) is 3.74. The predicted octanol–water partition coefficient (Wildman–Crippen LogP) is 4.89. The number of allylic oxidation sites excluding steroid dienone is 1. The van der Waals surface area contributed by atoms with E-state index >= 15 is 0 Å². The van der Waals surface area contributed by atoms with Crippen molar-refractivity contribution < 1.29 is 0 Å². The third-order valence-electron chi connectivity index (χ3n) is 3.36. The molecule has 5 N–H and O–H groups in total. The summed E-state index contributed by atoms with van der Waals surface area (Å²) in [6.07, 6.45) is 0. The molecular weight excluding hydrogens is 332 g/mol. The lowest BCUT2D eigenvalue weighted by Crippen LogP contribution is -2.23. The molecule has 0 aliphatic heterocycles. The molecule has 0 aliphatic carbocycles. The van der Waals surface area contributed by atoms with Gasteiger partial charge in [-0.15, -0.1) is 0 Å². The molecule has 0 saturated carbocycles. The molecule has 0 bridgehead atoms. The first-order valence-electron chi connectivity index (χ1n) is 7.96. The fourth-order valence-electron chi connectivity index (χ4n) is 2.08. The monoisotopic (exact) mass is 354 g/mol. The van der Waals surface area contributed by atoms with Crippen molar-refractivity contribution in [2.24, 2.45) is 5.73 Å². The molecule has 0 saturated heterocycles. The number of benzene rings is 2. The van der Waals surface area contributed by atoms with Gasteiger partial charge >= 0.3 is 0 Å². The third kappa shape index (κ3) is 5.13. The Bertz CT molecular complexity index is 790. The van der Waals surface area contributed by atoms with Crippen LogP contribution in [0.2, 0.25) is 0 Å². The molecule has 2 aromatic carbocycles. The summed E-state index contributed by atoms with van der Waals surface area (Å²) in [6.45, 7) is 5.95. The zero-order valence-corrected chi connectivity index (χ0v) is 15.4. The lowest BCUT2D eigenvalue weighted by molar-refractivity contribution is 1.39. The molecule has 0 aliphatic rings. The second kappa shape index (κ2) is 9.55. The predicted molar refractivity (Wildman–Crippen MR) is 107 cm³/mol. The summed E-state index contributed by atoms with van der Waals surface area (Å²) in [5.41, 5.74) is 8.02. The minimum absolute atomic E-state index is 0.00530. The van der Waals surface area contributed by atoms with Gasteiger partial charge in [-0.1, -0.05) is 85.6 Å². The summed E-state index contributed by atoms with van der Waals surface area (Å²) >= 11 is 6.30. The fourth-order valence-corrected chi connectivity index (χ4v) is 2.39. The van der Waals surface area contributed by atoms with Gasteiger partial charge in [0.15, 0.2) is 0 Å². The smallest absolute Gasteiger partial charge is 0.126 e. The minimum atomic E-state index is -0.332. The van der Waals surface area contributed by atoms with Gasteiger partial charge in [0.2, 0.25) is 0 Å². The zero-order chi connectivity index (χ0) is 19.0. The number of aryl methyl sites for hydroxylation is 1. The van der Waals surface area contributed by atoms with Gasteiger partial charge in [-0.2, -0.15) is 0 Å². The molecule has 130 valence electrons. The van der Waals surface area contributed by atoms with Crippen LogP contribution in [0, 0.1) is 23.2 Å². The molecule has 0 unspecified atom stereocenters. The highest BCUT2D eigenvalue weighted by atomic mass is 35.5. The van der Waals surface area contributed by atoms with Crippen LogP contribution in [-0.4, -0.2) is 17.3 Å². The van der Waals surface area contributed by atoms with Crippen molar-refractivity contribution in [3.63, 3.8) is 0 Å². The van der Waals surface area contributed by atoms with Gasteiger partial charge in [0.05, 0.1) is 22.0 Å². The van der Waals surface area contributed by atoms with Gasteiger partial charge in [0.1, 0.15) is 5.84 Å². The van der Waals surface area contributed by atoms with Crippen LogP contribution < -0.4 is 5.73 Å². The second-order valence-corrected chi connectivity index (χ2v) is 5.46. The summed E-state index contributed by atoms with van der Waals surface area (Å²) in [6, 6.07) is 16.2. The number of hydrogen-bond acceptors (Lipinski definition) is 3. The molecule has 0 aromatic heterocycles. The maximum atomic E-state index is 8.31. The quantitative estimate of drug-likeness (QED) is 0.446. The minimum Gasteiger partial charge on any atom is -0.384 e. The Labute approximate surface area is 153 Å². The molecule has 2 aromatic rings. The standard InChI is InChI=1S/C18H17ClN4.C2H6/c1-11-7-9-13(10-8-11)16(20)14(18(22)23)15(19)17(21)12-5-3-2-4-6-12;1-2/h2-10,20-21H,1H3,(H3,22,23);1-2H3/b15-14+,20-16?,21-17?;. The first kappa shape index (κ1) is 20.3. The lowest BCUT2D eigenvalue weighted by Gasteiger charge is -2.12. The molecule has 25 heavy (non-hydrogen) atoms. The van der Waals surface area contributed by atoms with Crippen LogP contribution in [0.1, 0.15) is 30.5 Å². The normalized spacial score (nSPS) is 10.9. The number of rotatable bonds is 5. The van der Waals surface area contributed by atoms with E-state index in [1.807, 2.05) is 39.0 Å². The Morgan fingerprint density at radius 3 is 1.76 bits per heavy atom. The Balaban J connectivity index is 0.00000151. The van der Waals surface area contributed by atoms with Crippen molar-refractivity contribution in [2.45, 2.75) is 20.8 Å². The van der Waals surface area contributed by atoms with Crippen molar-refractivity contribution in [2.75, 3.05) is 0 Å².